The average Bonchev–Trinajstić information content (AvgIpc) is 3.17. The van der Waals surface area contributed by atoms with E-state index in [0.717, 1.165) is 47.8 Å². The Balaban J connectivity index is 1.73. The standard InChI is InChI=1S/C25H27NO/c1-4-5-8-13-26-17-22(21-9-6-7-10-23(21)26)24(27)18-11-12-19-15-25(2,3)16-20(19)14-18/h5-12,14,17H,4,13,15-16H2,1-3H3/b8-5-. The van der Waals surface area contributed by atoms with E-state index >= 15 is 0 Å². The number of allylic oxidation sites excluding steroid dienone is 2. The molecular formula is C25H27NO. The zero-order valence-corrected chi connectivity index (χ0v) is 16.5. The van der Waals surface area contributed by atoms with Crippen LogP contribution in [-0.2, 0) is 19.4 Å². The van der Waals surface area contributed by atoms with Crippen LogP contribution in [0.5, 0.6) is 0 Å². The maximum atomic E-state index is 13.3. The Labute approximate surface area is 161 Å². The molecule has 27 heavy (non-hydrogen) atoms. The summed E-state index contributed by atoms with van der Waals surface area (Å²) < 4.78 is 2.17. The SMILES string of the molecule is CC/C=C\Cn1cc(C(=O)c2ccc3c(c2)CC(C)(C)C3)c2ccccc21. The number of para-hydroxylation sites is 1. The normalized spacial score (nSPS) is 15.5. The highest BCUT2D eigenvalue weighted by Gasteiger charge is 2.29. The highest BCUT2D eigenvalue weighted by atomic mass is 16.1. The van der Waals surface area contributed by atoms with Gasteiger partial charge in [-0.3, -0.25) is 4.79 Å². The van der Waals surface area contributed by atoms with Gasteiger partial charge >= 0.3 is 0 Å². The molecule has 1 heterocycles. The maximum Gasteiger partial charge on any atom is 0.195 e. The fraction of sp³-hybridized carbons (Fsp3) is 0.320. The number of hydrogen-bond donors (Lipinski definition) is 0. The molecule has 0 aliphatic heterocycles. The first-order valence-corrected chi connectivity index (χ1v) is 9.88. The van der Waals surface area contributed by atoms with Crippen molar-refractivity contribution >= 4 is 16.7 Å². The minimum atomic E-state index is 0.122. The van der Waals surface area contributed by atoms with Gasteiger partial charge in [-0.2, -0.15) is 0 Å². The van der Waals surface area contributed by atoms with Crippen molar-refractivity contribution in [1.82, 2.24) is 4.57 Å². The lowest BCUT2D eigenvalue weighted by atomic mass is 9.90. The van der Waals surface area contributed by atoms with Crippen LogP contribution >= 0.6 is 0 Å². The number of nitrogens with zero attached hydrogens (tertiary/aromatic N) is 1. The Kier molecular flexibility index (Phi) is 4.51. The van der Waals surface area contributed by atoms with Crippen molar-refractivity contribution in [2.45, 2.75) is 46.6 Å². The minimum absolute atomic E-state index is 0.122. The van der Waals surface area contributed by atoms with Crippen molar-refractivity contribution in [2.24, 2.45) is 5.41 Å². The monoisotopic (exact) mass is 357 g/mol. The summed E-state index contributed by atoms with van der Waals surface area (Å²) in [7, 11) is 0. The van der Waals surface area contributed by atoms with Gasteiger partial charge in [0.05, 0.1) is 0 Å². The summed E-state index contributed by atoms with van der Waals surface area (Å²) in [5, 5.41) is 1.04. The summed E-state index contributed by atoms with van der Waals surface area (Å²) in [6.45, 7) is 7.52. The Hall–Kier alpha value is -2.61. The number of carbonyl (C=O) groups excluding carboxylic acids is 1. The topological polar surface area (TPSA) is 22.0 Å². The highest BCUT2D eigenvalue weighted by molar-refractivity contribution is 6.16. The predicted molar refractivity (Wildman–Crippen MR) is 112 cm³/mol. The molecule has 0 spiro atoms. The van der Waals surface area contributed by atoms with Gasteiger partial charge in [0.25, 0.3) is 0 Å². The fourth-order valence-electron chi connectivity index (χ4n) is 4.29. The summed E-state index contributed by atoms with van der Waals surface area (Å²) >= 11 is 0. The smallest absolute Gasteiger partial charge is 0.195 e. The Bertz CT molecular complexity index is 1040. The van der Waals surface area contributed by atoms with Crippen LogP contribution in [0.4, 0.5) is 0 Å². The molecule has 1 aliphatic carbocycles. The second kappa shape index (κ2) is 6.84. The molecule has 0 amide bonds. The van der Waals surface area contributed by atoms with Crippen LogP contribution in [0.3, 0.4) is 0 Å². The maximum absolute atomic E-state index is 13.3. The van der Waals surface area contributed by atoms with Crippen LogP contribution in [0.1, 0.15) is 54.2 Å². The third-order valence-electron chi connectivity index (χ3n) is 5.54. The quantitative estimate of drug-likeness (QED) is 0.408. The lowest BCUT2D eigenvalue weighted by molar-refractivity contribution is 0.104. The van der Waals surface area contributed by atoms with Crippen LogP contribution in [0.15, 0.2) is 60.8 Å². The first kappa shape index (κ1) is 17.8. The molecule has 2 nitrogen and oxygen atoms in total. The van der Waals surface area contributed by atoms with Gasteiger partial charge in [0.1, 0.15) is 0 Å². The zero-order valence-electron chi connectivity index (χ0n) is 16.5. The molecule has 0 unspecified atom stereocenters. The molecule has 1 aromatic heterocycles. The van der Waals surface area contributed by atoms with E-state index in [1.807, 2.05) is 24.4 Å². The molecule has 0 fully saturated rings. The van der Waals surface area contributed by atoms with Crippen LogP contribution < -0.4 is 0 Å². The van der Waals surface area contributed by atoms with Gasteiger partial charge in [-0.15, -0.1) is 0 Å². The van der Waals surface area contributed by atoms with Crippen molar-refractivity contribution in [3.8, 4) is 0 Å². The lowest BCUT2D eigenvalue weighted by Gasteiger charge is -2.14. The molecule has 0 atom stereocenters. The van der Waals surface area contributed by atoms with Gasteiger partial charge in [0.2, 0.25) is 0 Å². The third-order valence-corrected chi connectivity index (χ3v) is 5.54. The minimum Gasteiger partial charge on any atom is -0.343 e. The van der Waals surface area contributed by atoms with Crippen molar-refractivity contribution in [2.75, 3.05) is 0 Å². The number of aromatic nitrogens is 1. The van der Waals surface area contributed by atoms with E-state index < -0.39 is 0 Å². The van der Waals surface area contributed by atoms with Crippen LogP contribution in [-0.4, -0.2) is 10.4 Å². The Morgan fingerprint density at radius 3 is 2.67 bits per heavy atom. The highest BCUT2D eigenvalue weighted by Crippen LogP contribution is 2.37. The van der Waals surface area contributed by atoms with E-state index in [4.69, 9.17) is 0 Å². The van der Waals surface area contributed by atoms with Gasteiger partial charge in [-0.25, -0.2) is 0 Å². The number of benzene rings is 2. The zero-order chi connectivity index (χ0) is 19.0. The van der Waals surface area contributed by atoms with Gasteiger partial charge in [-0.1, -0.05) is 63.3 Å². The molecule has 0 saturated heterocycles. The van der Waals surface area contributed by atoms with Gasteiger partial charge in [0.15, 0.2) is 5.78 Å². The Morgan fingerprint density at radius 2 is 1.85 bits per heavy atom. The van der Waals surface area contributed by atoms with Gasteiger partial charge in [-0.05, 0) is 47.9 Å². The van der Waals surface area contributed by atoms with Crippen LogP contribution in [0, 0.1) is 5.41 Å². The number of rotatable bonds is 5. The second-order valence-corrected chi connectivity index (χ2v) is 8.42. The predicted octanol–water partition coefficient (Wildman–Crippen LogP) is 5.96. The summed E-state index contributed by atoms with van der Waals surface area (Å²) in [6.07, 6.45) is 9.52. The molecule has 138 valence electrons. The summed E-state index contributed by atoms with van der Waals surface area (Å²) in [4.78, 5) is 13.3. The molecule has 0 bridgehead atoms. The largest absolute Gasteiger partial charge is 0.343 e. The van der Waals surface area contributed by atoms with Crippen molar-refractivity contribution < 1.29 is 4.79 Å². The molecule has 3 aromatic rings. The van der Waals surface area contributed by atoms with Gasteiger partial charge in [0, 0.05) is 34.8 Å². The van der Waals surface area contributed by atoms with E-state index in [9.17, 15) is 4.79 Å². The Morgan fingerprint density at radius 1 is 1.07 bits per heavy atom. The van der Waals surface area contributed by atoms with E-state index in [1.165, 1.54) is 11.1 Å². The lowest BCUT2D eigenvalue weighted by Crippen LogP contribution is -2.09. The van der Waals surface area contributed by atoms with Crippen molar-refractivity contribution in [3.63, 3.8) is 0 Å². The van der Waals surface area contributed by atoms with Crippen LogP contribution in [0.25, 0.3) is 10.9 Å². The van der Waals surface area contributed by atoms with E-state index in [2.05, 4.69) is 61.8 Å². The van der Waals surface area contributed by atoms with E-state index in [1.54, 1.807) is 0 Å². The molecule has 2 aromatic carbocycles. The molecule has 1 aliphatic rings. The first-order valence-electron chi connectivity index (χ1n) is 9.88. The molecule has 0 saturated carbocycles. The van der Waals surface area contributed by atoms with Crippen molar-refractivity contribution in [1.29, 1.82) is 0 Å². The third kappa shape index (κ3) is 3.37. The van der Waals surface area contributed by atoms with Crippen molar-refractivity contribution in [3.05, 3.63) is 83.1 Å². The van der Waals surface area contributed by atoms with E-state index in [0.29, 0.717) is 5.41 Å². The molecule has 0 radical (unpaired) electrons. The molecular weight excluding hydrogens is 330 g/mol. The molecule has 2 heteroatoms. The summed E-state index contributed by atoms with van der Waals surface area (Å²) in [5.41, 5.74) is 5.74. The number of hydrogen-bond acceptors (Lipinski definition) is 1. The second-order valence-electron chi connectivity index (χ2n) is 8.42. The molecule has 0 N–H and O–H groups in total. The van der Waals surface area contributed by atoms with Crippen LogP contribution in [0.2, 0.25) is 0 Å². The number of ketones is 1. The van der Waals surface area contributed by atoms with Gasteiger partial charge < -0.3 is 4.57 Å². The average molecular weight is 357 g/mol. The molecule has 4 rings (SSSR count). The summed E-state index contributed by atoms with van der Waals surface area (Å²) in [5.74, 6) is 0.122. The van der Waals surface area contributed by atoms with E-state index in [-0.39, 0.29) is 5.78 Å². The number of carbonyl (C=O) groups is 1. The summed E-state index contributed by atoms with van der Waals surface area (Å²) in [6, 6.07) is 14.5. The fourth-order valence-corrected chi connectivity index (χ4v) is 4.29. The number of fused-ring (bicyclic) bond motifs is 2. The first-order chi connectivity index (χ1) is 13.0.